The summed E-state index contributed by atoms with van der Waals surface area (Å²) in [6.07, 6.45) is 6.23. The summed E-state index contributed by atoms with van der Waals surface area (Å²) in [7, 11) is 6.45. The quantitative estimate of drug-likeness (QED) is 0.650. The number of methoxy groups -OCH3 is 4. The van der Waals surface area contributed by atoms with Crippen LogP contribution in [0.5, 0.6) is 23.0 Å². The van der Waals surface area contributed by atoms with Gasteiger partial charge in [0.15, 0.2) is 5.78 Å². The molecule has 0 unspecified atom stereocenters. The number of ketones is 1. The Bertz CT molecular complexity index is 880. The van der Waals surface area contributed by atoms with E-state index in [9.17, 15) is 4.79 Å². The summed E-state index contributed by atoms with van der Waals surface area (Å²) in [5, 5.41) is 0. The minimum absolute atomic E-state index is 0.0620. The van der Waals surface area contributed by atoms with E-state index in [1.807, 2.05) is 48.6 Å². The van der Waals surface area contributed by atoms with Crippen molar-refractivity contribution in [1.82, 2.24) is 0 Å². The zero-order valence-electron chi connectivity index (χ0n) is 17.3. The van der Waals surface area contributed by atoms with Gasteiger partial charge in [-0.3, -0.25) is 4.79 Å². The Morgan fingerprint density at radius 3 is 1.52 bits per heavy atom. The average Bonchev–Trinajstić information content (AvgIpc) is 2.76. The minimum atomic E-state index is 0.0620. The van der Waals surface area contributed by atoms with E-state index in [2.05, 4.69) is 0 Å². The summed E-state index contributed by atoms with van der Waals surface area (Å²) < 4.78 is 21.4. The summed E-state index contributed by atoms with van der Waals surface area (Å²) in [6.45, 7) is 0. The molecule has 0 atom stereocenters. The molecule has 0 aromatic heterocycles. The van der Waals surface area contributed by atoms with Crippen LogP contribution in [0.3, 0.4) is 0 Å². The van der Waals surface area contributed by atoms with Gasteiger partial charge in [0.25, 0.3) is 0 Å². The molecule has 29 heavy (non-hydrogen) atoms. The summed E-state index contributed by atoms with van der Waals surface area (Å²) in [5.41, 5.74) is 3.27. The first-order chi connectivity index (χ1) is 14.1. The third-order valence-electron chi connectivity index (χ3n) is 5.02. The summed E-state index contributed by atoms with van der Waals surface area (Å²) >= 11 is 0. The molecule has 1 saturated carbocycles. The van der Waals surface area contributed by atoms with Crippen LogP contribution in [-0.4, -0.2) is 34.2 Å². The highest BCUT2D eigenvalue weighted by molar-refractivity contribution is 6.14. The first-order valence-corrected chi connectivity index (χ1v) is 9.49. The molecule has 0 bridgehead atoms. The number of benzene rings is 2. The van der Waals surface area contributed by atoms with Crippen LogP contribution in [0.4, 0.5) is 0 Å². The second-order valence-corrected chi connectivity index (χ2v) is 6.74. The Hall–Kier alpha value is -3.21. The first kappa shape index (κ1) is 20.5. The van der Waals surface area contributed by atoms with E-state index in [0.29, 0.717) is 23.0 Å². The minimum Gasteiger partial charge on any atom is -0.497 e. The molecule has 0 saturated heterocycles. The number of hydrogen-bond acceptors (Lipinski definition) is 5. The zero-order valence-corrected chi connectivity index (χ0v) is 17.3. The first-order valence-electron chi connectivity index (χ1n) is 9.49. The van der Waals surface area contributed by atoms with E-state index in [-0.39, 0.29) is 5.78 Å². The summed E-state index contributed by atoms with van der Waals surface area (Å²) in [4.78, 5) is 13.1. The summed E-state index contributed by atoms with van der Waals surface area (Å²) in [6, 6.07) is 11.2. The topological polar surface area (TPSA) is 54.0 Å². The van der Waals surface area contributed by atoms with Crippen LogP contribution in [0.25, 0.3) is 12.2 Å². The third kappa shape index (κ3) is 4.62. The molecular weight excluding hydrogens is 368 g/mol. The molecule has 1 aliphatic rings. The lowest BCUT2D eigenvalue weighted by Crippen LogP contribution is -2.12. The van der Waals surface area contributed by atoms with Crippen molar-refractivity contribution in [3.8, 4) is 23.0 Å². The second-order valence-electron chi connectivity index (χ2n) is 6.74. The van der Waals surface area contributed by atoms with Gasteiger partial charge in [-0.2, -0.15) is 0 Å². The molecule has 2 aromatic rings. The molecule has 5 heteroatoms. The van der Waals surface area contributed by atoms with Gasteiger partial charge < -0.3 is 18.9 Å². The van der Waals surface area contributed by atoms with Crippen molar-refractivity contribution >= 4 is 17.9 Å². The smallest absolute Gasteiger partial charge is 0.185 e. The molecular formula is C24H26O5. The van der Waals surface area contributed by atoms with Crippen molar-refractivity contribution in [1.29, 1.82) is 0 Å². The van der Waals surface area contributed by atoms with E-state index in [1.54, 1.807) is 28.4 Å². The van der Waals surface area contributed by atoms with Crippen LogP contribution in [0.1, 0.15) is 30.4 Å². The van der Waals surface area contributed by atoms with Crippen LogP contribution >= 0.6 is 0 Å². The molecule has 0 amide bonds. The van der Waals surface area contributed by atoms with Crippen LogP contribution in [0.2, 0.25) is 0 Å². The molecule has 0 N–H and O–H groups in total. The predicted octanol–water partition coefficient (Wildman–Crippen LogP) is 4.94. The maximum atomic E-state index is 13.1. The molecule has 0 radical (unpaired) electrons. The lowest BCUT2D eigenvalue weighted by Gasteiger charge is -2.18. The molecule has 152 valence electrons. The standard InChI is InChI=1S/C24H26O5/c1-26-20-10-8-16(22(14-20)28-3)12-18-6-5-7-19(24(18)25)13-17-9-11-21(27-2)15-23(17)29-4/h8-15H,5-7H2,1-4H3/b18-12-,19-13+. The van der Waals surface area contributed by atoms with E-state index in [0.717, 1.165) is 41.5 Å². The lowest BCUT2D eigenvalue weighted by molar-refractivity contribution is -0.112. The van der Waals surface area contributed by atoms with Crippen LogP contribution in [0, 0.1) is 0 Å². The number of carbonyl (C=O) groups is 1. The Kier molecular flexibility index (Phi) is 6.60. The molecule has 0 aliphatic heterocycles. The molecule has 5 nitrogen and oxygen atoms in total. The summed E-state index contributed by atoms with van der Waals surface area (Å²) in [5.74, 6) is 2.85. The van der Waals surface area contributed by atoms with E-state index >= 15 is 0 Å². The molecule has 3 rings (SSSR count). The van der Waals surface area contributed by atoms with Crippen molar-refractivity contribution < 1.29 is 23.7 Å². The fraction of sp³-hybridized carbons (Fsp3) is 0.292. The van der Waals surface area contributed by atoms with Gasteiger partial charge in [0.2, 0.25) is 0 Å². The van der Waals surface area contributed by atoms with Gasteiger partial charge in [-0.05, 0) is 55.7 Å². The van der Waals surface area contributed by atoms with Gasteiger partial charge in [0, 0.05) is 34.4 Å². The molecule has 0 spiro atoms. The zero-order chi connectivity index (χ0) is 20.8. The van der Waals surface area contributed by atoms with Crippen molar-refractivity contribution in [2.75, 3.05) is 28.4 Å². The highest BCUT2D eigenvalue weighted by Gasteiger charge is 2.21. The number of allylic oxidation sites excluding steroid dienone is 2. The SMILES string of the molecule is COc1ccc(/C=C2/CCC/C(=C\c3ccc(OC)cc3OC)C2=O)c(OC)c1. The van der Waals surface area contributed by atoms with Gasteiger partial charge in [-0.1, -0.05) is 0 Å². The number of hydrogen-bond donors (Lipinski definition) is 0. The fourth-order valence-corrected chi connectivity index (χ4v) is 3.43. The highest BCUT2D eigenvalue weighted by Crippen LogP contribution is 2.33. The van der Waals surface area contributed by atoms with E-state index < -0.39 is 0 Å². The van der Waals surface area contributed by atoms with Crippen molar-refractivity contribution in [3.05, 3.63) is 58.7 Å². The van der Waals surface area contributed by atoms with Crippen molar-refractivity contribution in [3.63, 3.8) is 0 Å². The van der Waals surface area contributed by atoms with Gasteiger partial charge in [0.1, 0.15) is 23.0 Å². The van der Waals surface area contributed by atoms with Gasteiger partial charge >= 0.3 is 0 Å². The van der Waals surface area contributed by atoms with Crippen LogP contribution in [-0.2, 0) is 4.79 Å². The van der Waals surface area contributed by atoms with Crippen molar-refractivity contribution in [2.45, 2.75) is 19.3 Å². The van der Waals surface area contributed by atoms with E-state index in [1.165, 1.54) is 0 Å². The Morgan fingerprint density at radius 1 is 0.690 bits per heavy atom. The number of ether oxygens (including phenoxy) is 4. The largest absolute Gasteiger partial charge is 0.497 e. The Labute approximate surface area is 171 Å². The monoisotopic (exact) mass is 394 g/mol. The number of carbonyl (C=O) groups excluding carboxylic acids is 1. The average molecular weight is 394 g/mol. The number of Topliss-reactive ketones (excluding diaryl/α,β-unsaturated/α-hetero) is 1. The van der Waals surface area contributed by atoms with Crippen LogP contribution < -0.4 is 18.9 Å². The van der Waals surface area contributed by atoms with Gasteiger partial charge in [0.05, 0.1) is 28.4 Å². The maximum Gasteiger partial charge on any atom is 0.185 e. The van der Waals surface area contributed by atoms with Gasteiger partial charge in [-0.25, -0.2) is 0 Å². The molecule has 1 fully saturated rings. The molecule has 1 aliphatic carbocycles. The highest BCUT2D eigenvalue weighted by atomic mass is 16.5. The second kappa shape index (κ2) is 9.32. The number of rotatable bonds is 6. The Morgan fingerprint density at radius 2 is 1.14 bits per heavy atom. The predicted molar refractivity (Wildman–Crippen MR) is 114 cm³/mol. The fourth-order valence-electron chi connectivity index (χ4n) is 3.43. The van der Waals surface area contributed by atoms with E-state index in [4.69, 9.17) is 18.9 Å². The normalized spacial score (nSPS) is 16.8. The molecule has 0 heterocycles. The van der Waals surface area contributed by atoms with Gasteiger partial charge in [-0.15, -0.1) is 0 Å². The van der Waals surface area contributed by atoms with Crippen molar-refractivity contribution in [2.24, 2.45) is 0 Å². The maximum absolute atomic E-state index is 13.1. The Balaban J connectivity index is 1.93. The van der Waals surface area contributed by atoms with Crippen LogP contribution in [0.15, 0.2) is 47.5 Å². The molecule has 2 aromatic carbocycles. The lowest BCUT2D eigenvalue weighted by atomic mass is 9.86. The third-order valence-corrected chi connectivity index (χ3v) is 5.02.